The van der Waals surface area contributed by atoms with E-state index in [-0.39, 0.29) is 22.1 Å². The first-order valence-corrected chi connectivity index (χ1v) is 13.4. The Balaban J connectivity index is 2.07. The molecule has 11 nitrogen and oxygen atoms in total. The largest absolute Gasteiger partial charge is 0.414 e. The van der Waals surface area contributed by atoms with Gasteiger partial charge in [-0.15, -0.1) is 0 Å². The van der Waals surface area contributed by atoms with Crippen molar-refractivity contribution in [3.8, 4) is 0 Å². The van der Waals surface area contributed by atoms with Crippen LogP contribution in [0.1, 0.15) is 20.8 Å². The fourth-order valence-corrected chi connectivity index (χ4v) is 3.33. The fourth-order valence-electron chi connectivity index (χ4n) is 2.31. The van der Waals surface area contributed by atoms with Crippen LogP contribution in [-0.4, -0.2) is 71.0 Å². The van der Waals surface area contributed by atoms with Gasteiger partial charge in [0.2, 0.25) is 0 Å². The molecule has 1 aromatic carbocycles. The van der Waals surface area contributed by atoms with Gasteiger partial charge in [0.15, 0.2) is 8.32 Å². The molecule has 1 aromatic rings. The number of ether oxygens (including phenoxy) is 3. The van der Waals surface area contributed by atoms with Gasteiger partial charge in [0.05, 0.1) is 62.2 Å². The van der Waals surface area contributed by atoms with Gasteiger partial charge in [-0.2, -0.15) is 0 Å². The normalized spacial score (nSPS) is 12.0. The van der Waals surface area contributed by atoms with E-state index >= 15 is 0 Å². The molecule has 0 amide bonds. The summed E-state index contributed by atoms with van der Waals surface area (Å²) in [7, 11) is -1.73. The number of rotatable bonds is 16. The Labute approximate surface area is 189 Å². The molecule has 0 aliphatic carbocycles. The monoisotopic (exact) mass is 473 g/mol. The van der Waals surface area contributed by atoms with Crippen molar-refractivity contribution < 1.29 is 28.5 Å². The van der Waals surface area contributed by atoms with Gasteiger partial charge in [-0.1, -0.05) is 20.8 Å². The maximum Gasteiger partial charge on any atom is 0.299 e. The highest BCUT2D eigenvalue weighted by Crippen LogP contribution is 2.36. The molecule has 12 heteroatoms. The molecule has 0 bridgehead atoms. The van der Waals surface area contributed by atoms with Crippen LogP contribution in [0.25, 0.3) is 0 Å². The number of hydrogen-bond donors (Lipinski definition) is 1. The van der Waals surface area contributed by atoms with Gasteiger partial charge in [-0.3, -0.25) is 20.2 Å². The Morgan fingerprint density at radius 1 is 0.875 bits per heavy atom. The second-order valence-corrected chi connectivity index (χ2v) is 13.4. The van der Waals surface area contributed by atoms with Gasteiger partial charge in [-0.05, 0) is 24.2 Å². The van der Waals surface area contributed by atoms with Crippen LogP contribution in [0.3, 0.4) is 0 Å². The predicted molar refractivity (Wildman–Crippen MR) is 124 cm³/mol. The van der Waals surface area contributed by atoms with Crippen LogP contribution in [-0.2, 0) is 18.6 Å². The zero-order chi connectivity index (χ0) is 24.2. The number of nitrogens with zero attached hydrogens (tertiary/aromatic N) is 2. The SMILES string of the molecule is CC(C)(C)[Si](C)(C)OCCOCCOCCOCCNc1ccc([N+](=O)[O-])cc1[N+](=O)[O-]. The van der Waals surface area contributed by atoms with Gasteiger partial charge in [0.25, 0.3) is 11.4 Å². The molecule has 0 saturated heterocycles. The highest BCUT2D eigenvalue weighted by atomic mass is 28.4. The molecule has 0 heterocycles. The van der Waals surface area contributed by atoms with Crippen molar-refractivity contribution in [1.29, 1.82) is 0 Å². The molecule has 0 unspecified atom stereocenters. The maximum atomic E-state index is 11.1. The van der Waals surface area contributed by atoms with Crippen molar-refractivity contribution in [2.24, 2.45) is 0 Å². The van der Waals surface area contributed by atoms with Crippen LogP contribution in [0.4, 0.5) is 17.1 Å². The third-order valence-electron chi connectivity index (χ3n) is 5.19. The van der Waals surface area contributed by atoms with Gasteiger partial charge < -0.3 is 24.0 Å². The molecule has 0 aromatic heterocycles. The highest BCUT2D eigenvalue weighted by molar-refractivity contribution is 6.74. The number of non-ortho nitro benzene ring substituents is 1. The van der Waals surface area contributed by atoms with E-state index in [1.165, 1.54) is 12.1 Å². The van der Waals surface area contributed by atoms with E-state index < -0.39 is 18.2 Å². The maximum absolute atomic E-state index is 11.1. The lowest BCUT2D eigenvalue weighted by Crippen LogP contribution is -2.41. The van der Waals surface area contributed by atoms with Gasteiger partial charge in [-0.25, -0.2) is 0 Å². The van der Waals surface area contributed by atoms with E-state index in [1.54, 1.807) is 0 Å². The summed E-state index contributed by atoms with van der Waals surface area (Å²) in [6.07, 6.45) is 0. The number of benzene rings is 1. The molecule has 0 radical (unpaired) electrons. The van der Waals surface area contributed by atoms with Crippen LogP contribution in [0.15, 0.2) is 18.2 Å². The van der Waals surface area contributed by atoms with E-state index in [9.17, 15) is 20.2 Å². The summed E-state index contributed by atoms with van der Waals surface area (Å²) < 4.78 is 22.4. The van der Waals surface area contributed by atoms with Crippen LogP contribution in [0.2, 0.25) is 18.1 Å². The summed E-state index contributed by atoms with van der Waals surface area (Å²) in [6.45, 7) is 14.5. The minimum atomic E-state index is -1.73. The number of nitro groups is 2. The molecule has 0 aliphatic rings. The summed E-state index contributed by atoms with van der Waals surface area (Å²) in [4.78, 5) is 20.5. The average molecular weight is 474 g/mol. The molecular formula is C20H35N3O8Si. The lowest BCUT2D eigenvalue weighted by molar-refractivity contribution is -0.393. The molecule has 0 saturated carbocycles. The Morgan fingerprint density at radius 2 is 1.41 bits per heavy atom. The number of anilines is 1. The van der Waals surface area contributed by atoms with Crippen LogP contribution < -0.4 is 5.32 Å². The first-order valence-electron chi connectivity index (χ1n) is 10.5. The van der Waals surface area contributed by atoms with Crippen molar-refractivity contribution in [3.63, 3.8) is 0 Å². The van der Waals surface area contributed by atoms with E-state index in [2.05, 4.69) is 39.2 Å². The van der Waals surface area contributed by atoms with Gasteiger partial charge in [0, 0.05) is 12.6 Å². The Morgan fingerprint density at radius 3 is 1.91 bits per heavy atom. The van der Waals surface area contributed by atoms with E-state index in [1.807, 2.05) is 0 Å². The van der Waals surface area contributed by atoms with Crippen LogP contribution in [0.5, 0.6) is 0 Å². The molecule has 0 fully saturated rings. The molecule has 1 N–H and O–H groups in total. The Hall–Kier alpha value is -2.12. The Bertz CT molecular complexity index is 740. The van der Waals surface area contributed by atoms with E-state index in [4.69, 9.17) is 18.6 Å². The second kappa shape index (κ2) is 13.4. The molecule has 0 atom stereocenters. The minimum absolute atomic E-state index is 0.183. The predicted octanol–water partition coefficient (Wildman–Crippen LogP) is 3.99. The quantitative estimate of drug-likeness (QED) is 0.164. The van der Waals surface area contributed by atoms with Gasteiger partial charge in [0.1, 0.15) is 5.69 Å². The van der Waals surface area contributed by atoms with Crippen molar-refractivity contribution >= 4 is 25.4 Å². The third kappa shape index (κ3) is 10.00. The summed E-state index contributed by atoms with van der Waals surface area (Å²) in [6, 6.07) is 3.46. The lowest BCUT2D eigenvalue weighted by Gasteiger charge is -2.36. The summed E-state index contributed by atoms with van der Waals surface area (Å²) in [5.74, 6) is 0. The molecule has 32 heavy (non-hydrogen) atoms. The highest BCUT2D eigenvalue weighted by Gasteiger charge is 2.36. The smallest absolute Gasteiger partial charge is 0.299 e. The van der Waals surface area contributed by atoms with Crippen molar-refractivity contribution in [1.82, 2.24) is 0 Å². The summed E-state index contributed by atoms with van der Waals surface area (Å²) >= 11 is 0. The zero-order valence-corrected chi connectivity index (χ0v) is 20.5. The third-order valence-corrected chi connectivity index (χ3v) is 9.73. The van der Waals surface area contributed by atoms with E-state index in [0.717, 1.165) is 6.07 Å². The standard InChI is InChI=1S/C20H35N3O8Si/c1-20(2,3)32(4,5)31-15-14-30-13-12-29-11-10-28-9-8-21-18-7-6-17(22(24)25)16-19(18)23(26)27/h6-7,16,21H,8-15H2,1-5H3. The topological polar surface area (TPSA) is 135 Å². The van der Waals surface area contributed by atoms with Crippen molar-refractivity contribution in [2.75, 3.05) is 58.1 Å². The summed E-state index contributed by atoms with van der Waals surface area (Å²) in [5.41, 5.74) is -0.477. The molecule has 0 aliphatic heterocycles. The number of nitrogens with one attached hydrogen (secondary N) is 1. The molecule has 1 rings (SSSR count). The Kier molecular flexibility index (Phi) is 11.7. The summed E-state index contributed by atoms with van der Waals surface area (Å²) in [5, 5.41) is 24.9. The second-order valence-electron chi connectivity index (χ2n) is 8.59. The van der Waals surface area contributed by atoms with Crippen molar-refractivity contribution in [2.45, 2.75) is 38.9 Å². The van der Waals surface area contributed by atoms with E-state index in [0.29, 0.717) is 52.8 Å². The first-order chi connectivity index (χ1) is 15.0. The number of nitro benzene ring substituents is 2. The van der Waals surface area contributed by atoms with Crippen molar-refractivity contribution in [3.05, 3.63) is 38.4 Å². The molecule has 0 spiro atoms. The average Bonchev–Trinajstić information content (AvgIpc) is 2.70. The zero-order valence-electron chi connectivity index (χ0n) is 19.5. The van der Waals surface area contributed by atoms with Gasteiger partial charge >= 0.3 is 0 Å². The molecule has 182 valence electrons. The number of hydrogen-bond acceptors (Lipinski definition) is 9. The van der Waals surface area contributed by atoms with Crippen LogP contribution >= 0.6 is 0 Å². The van der Waals surface area contributed by atoms with Crippen LogP contribution in [0, 0.1) is 20.2 Å². The minimum Gasteiger partial charge on any atom is -0.414 e. The molecular weight excluding hydrogens is 438 g/mol. The fraction of sp³-hybridized carbons (Fsp3) is 0.700. The lowest BCUT2D eigenvalue weighted by atomic mass is 10.2. The first kappa shape index (κ1) is 27.9.